The van der Waals surface area contributed by atoms with Crippen LogP contribution in [-0.4, -0.2) is 70.5 Å². The second-order valence-corrected chi connectivity index (χ2v) is 7.00. The first-order valence-electron chi connectivity index (χ1n) is 9.24. The number of rotatable bonds is 4. The van der Waals surface area contributed by atoms with E-state index in [9.17, 15) is 13.2 Å². The van der Waals surface area contributed by atoms with Gasteiger partial charge in [-0.05, 0) is 25.1 Å². The lowest BCUT2D eigenvalue weighted by atomic mass is 10.1. The number of fused-ring (bicyclic) bond motifs is 1. The van der Waals surface area contributed by atoms with Crippen molar-refractivity contribution in [3.05, 3.63) is 36.3 Å². The molecule has 154 valence electrons. The van der Waals surface area contributed by atoms with Crippen molar-refractivity contribution in [2.24, 2.45) is 0 Å². The second kappa shape index (κ2) is 7.51. The molecule has 1 aliphatic heterocycles. The molecule has 0 saturated carbocycles. The van der Waals surface area contributed by atoms with Crippen LogP contribution in [0.2, 0.25) is 0 Å². The Morgan fingerprint density at radius 3 is 2.48 bits per heavy atom. The van der Waals surface area contributed by atoms with Crippen LogP contribution in [0.15, 0.2) is 30.6 Å². The van der Waals surface area contributed by atoms with E-state index in [0.717, 1.165) is 16.8 Å². The van der Waals surface area contributed by atoms with E-state index in [2.05, 4.69) is 10.1 Å². The van der Waals surface area contributed by atoms with E-state index in [1.54, 1.807) is 24.0 Å². The van der Waals surface area contributed by atoms with Crippen molar-refractivity contribution in [1.82, 2.24) is 24.5 Å². The van der Waals surface area contributed by atoms with Gasteiger partial charge in [-0.1, -0.05) is 0 Å². The van der Waals surface area contributed by atoms with Gasteiger partial charge in [0.2, 0.25) is 5.88 Å². The zero-order valence-corrected chi connectivity index (χ0v) is 16.1. The molecule has 1 saturated heterocycles. The number of hydrogen-bond acceptors (Lipinski definition) is 6. The van der Waals surface area contributed by atoms with E-state index in [1.807, 2.05) is 30.0 Å². The molecule has 3 aromatic heterocycles. The van der Waals surface area contributed by atoms with Gasteiger partial charge in [0.25, 0.3) is 0 Å². The van der Waals surface area contributed by atoms with Crippen molar-refractivity contribution in [2.45, 2.75) is 13.1 Å². The zero-order chi connectivity index (χ0) is 20.6. The zero-order valence-electron chi connectivity index (χ0n) is 16.1. The Morgan fingerprint density at radius 2 is 1.79 bits per heavy atom. The van der Waals surface area contributed by atoms with E-state index in [4.69, 9.17) is 9.72 Å². The Balaban J connectivity index is 1.60. The molecule has 7 nitrogen and oxygen atoms in total. The maximum absolute atomic E-state index is 12.6. The van der Waals surface area contributed by atoms with Gasteiger partial charge in [-0.3, -0.25) is 4.90 Å². The van der Waals surface area contributed by atoms with Crippen LogP contribution in [0, 0.1) is 6.92 Å². The summed E-state index contributed by atoms with van der Waals surface area (Å²) in [4.78, 5) is 12.6. The Labute approximate surface area is 165 Å². The third-order valence-electron chi connectivity index (χ3n) is 4.94. The first-order valence-corrected chi connectivity index (χ1v) is 9.24. The fraction of sp³-hybridized carbons (Fsp3) is 0.421. The SMILES string of the molecule is COc1nc(C)ccc1-c1cnn2ccc(N3CCN(CC(F)(F)F)CC3)nc12. The van der Waals surface area contributed by atoms with Crippen molar-refractivity contribution in [1.29, 1.82) is 0 Å². The van der Waals surface area contributed by atoms with Gasteiger partial charge in [-0.15, -0.1) is 0 Å². The molecule has 4 rings (SSSR count). The molecule has 10 heteroatoms. The molecule has 0 atom stereocenters. The molecule has 0 radical (unpaired) electrons. The van der Waals surface area contributed by atoms with Crippen molar-refractivity contribution in [3.63, 3.8) is 0 Å². The maximum atomic E-state index is 12.6. The highest BCUT2D eigenvalue weighted by Gasteiger charge is 2.32. The van der Waals surface area contributed by atoms with Crippen LogP contribution < -0.4 is 9.64 Å². The minimum absolute atomic E-state index is 0.341. The molecular weight excluding hydrogens is 385 g/mol. The molecular formula is C19H21F3N6O. The summed E-state index contributed by atoms with van der Waals surface area (Å²) in [7, 11) is 1.57. The summed E-state index contributed by atoms with van der Waals surface area (Å²) < 4.78 is 44.9. The van der Waals surface area contributed by atoms with Crippen LogP contribution >= 0.6 is 0 Å². The standard InChI is InChI=1S/C19H21F3N6O/c1-13-3-4-14(18(24-13)29-2)15-11-23-28-6-5-16(25-17(15)28)27-9-7-26(8-10-27)12-19(20,21)22/h3-6,11H,7-10,12H2,1-2H3. The van der Waals surface area contributed by atoms with E-state index in [-0.39, 0.29) is 0 Å². The predicted octanol–water partition coefficient (Wildman–Crippen LogP) is 2.79. The minimum atomic E-state index is -4.17. The van der Waals surface area contributed by atoms with Crippen molar-refractivity contribution in [3.8, 4) is 17.0 Å². The number of ether oxygens (including phenoxy) is 1. The number of alkyl halides is 3. The molecule has 4 heterocycles. The highest BCUT2D eigenvalue weighted by molar-refractivity contribution is 5.80. The van der Waals surface area contributed by atoms with Gasteiger partial charge in [0.05, 0.1) is 25.4 Å². The highest BCUT2D eigenvalue weighted by Crippen LogP contribution is 2.31. The summed E-state index contributed by atoms with van der Waals surface area (Å²) in [5, 5.41) is 4.35. The van der Waals surface area contributed by atoms with Gasteiger partial charge in [0.15, 0.2) is 5.65 Å². The number of halogens is 3. The monoisotopic (exact) mass is 406 g/mol. The van der Waals surface area contributed by atoms with E-state index in [1.165, 1.54) is 4.90 Å². The summed E-state index contributed by atoms with van der Waals surface area (Å²) in [6.45, 7) is 2.66. The topological polar surface area (TPSA) is 58.8 Å². The number of pyridine rings is 1. The Morgan fingerprint density at radius 1 is 1.03 bits per heavy atom. The quantitative estimate of drug-likeness (QED) is 0.664. The van der Waals surface area contributed by atoms with Gasteiger partial charge in [0, 0.05) is 43.6 Å². The van der Waals surface area contributed by atoms with Gasteiger partial charge in [-0.25, -0.2) is 14.5 Å². The van der Waals surface area contributed by atoms with Gasteiger partial charge < -0.3 is 9.64 Å². The summed E-state index contributed by atoms with van der Waals surface area (Å²) in [6.07, 6.45) is -0.660. The first-order chi connectivity index (χ1) is 13.8. The van der Waals surface area contributed by atoms with Crippen molar-refractivity contribution < 1.29 is 17.9 Å². The molecule has 3 aromatic rings. The van der Waals surface area contributed by atoms with Crippen LogP contribution in [0.25, 0.3) is 16.8 Å². The third kappa shape index (κ3) is 4.12. The largest absolute Gasteiger partial charge is 0.481 e. The van der Waals surface area contributed by atoms with Crippen LogP contribution in [0.3, 0.4) is 0 Å². The van der Waals surface area contributed by atoms with Crippen LogP contribution in [0.5, 0.6) is 5.88 Å². The Kier molecular flexibility index (Phi) is 5.03. The summed E-state index contributed by atoms with van der Waals surface area (Å²) in [5.74, 6) is 1.21. The molecule has 0 spiro atoms. The number of aryl methyl sites for hydroxylation is 1. The number of hydrogen-bond donors (Lipinski definition) is 0. The van der Waals surface area contributed by atoms with Gasteiger partial charge >= 0.3 is 6.18 Å². The lowest BCUT2D eigenvalue weighted by Crippen LogP contribution is -2.49. The molecule has 1 fully saturated rings. The normalized spacial score (nSPS) is 15.8. The predicted molar refractivity (Wildman–Crippen MR) is 102 cm³/mol. The maximum Gasteiger partial charge on any atom is 0.401 e. The Hall–Kier alpha value is -2.88. The van der Waals surface area contributed by atoms with E-state index in [0.29, 0.717) is 43.5 Å². The Bertz CT molecular complexity index is 1010. The number of anilines is 1. The lowest BCUT2D eigenvalue weighted by Gasteiger charge is -2.35. The molecule has 0 bridgehead atoms. The average Bonchev–Trinajstić information content (AvgIpc) is 3.10. The second-order valence-electron chi connectivity index (χ2n) is 7.00. The molecule has 29 heavy (non-hydrogen) atoms. The molecule has 0 unspecified atom stereocenters. The minimum Gasteiger partial charge on any atom is -0.481 e. The number of nitrogens with zero attached hydrogens (tertiary/aromatic N) is 6. The van der Waals surface area contributed by atoms with Gasteiger partial charge in [0.1, 0.15) is 5.82 Å². The molecule has 0 N–H and O–H groups in total. The number of aromatic nitrogens is 4. The summed E-state index contributed by atoms with van der Waals surface area (Å²) in [6, 6.07) is 5.64. The molecule has 0 aromatic carbocycles. The molecule has 0 amide bonds. The number of piperazine rings is 1. The van der Waals surface area contributed by atoms with Crippen molar-refractivity contribution >= 4 is 11.5 Å². The van der Waals surface area contributed by atoms with Gasteiger partial charge in [-0.2, -0.15) is 18.3 Å². The smallest absolute Gasteiger partial charge is 0.401 e. The van der Waals surface area contributed by atoms with Crippen LogP contribution in [0.4, 0.5) is 19.0 Å². The van der Waals surface area contributed by atoms with E-state index >= 15 is 0 Å². The fourth-order valence-electron chi connectivity index (χ4n) is 3.51. The third-order valence-corrected chi connectivity index (χ3v) is 4.94. The summed E-state index contributed by atoms with van der Waals surface area (Å²) >= 11 is 0. The average molecular weight is 406 g/mol. The summed E-state index contributed by atoms with van der Waals surface area (Å²) in [5.41, 5.74) is 3.05. The van der Waals surface area contributed by atoms with Crippen LogP contribution in [0.1, 0.15) is 5.69 Å². The fourth-order valence-corrected chi connectivity index (χ4v) is 3.51. The molecule has 1 aliphatic rings. The lowest BCUT2D eigenvalue weighted by molar-refractivity contribution is -0.146. The molecule has 0 aliphatic carbocycles. The number of methoxy groups -OCH3 is 1. The van der Waals surface area contributed by atoms with Crippen LogP contribution in [-0.2, 0) is 0 Å². The van der Waals surface area contributed by atoms with E-state index < -0.39 is 12.7 Å². The highest BCUT2D eigenvalue weighted by atomic mass is 19.4. The van der Waals surface area contributed by atoms with Crippen molar-refractivity contribution in [2.75, 3.05) is 44.7 Å². The first kappa shape index (κ1) is 19.4.